The second-order valence-electron chi connectivity index (χ2n) is 8.08. The van der Waals surface area contributed by atoms with E-state index in [1.165, 1.54) is 6.92 Å². The third-order valence-corrected chi connectivity index (χ3v) is 5.15. The average molecular weight is 437 g/mol. The first kappa shape index (κ1) is 27.1. The molecule has 1 aromatic carbocycles. The minimum absolute atomic E-state index is 0.357. The van der Waals surface area contributed by atoms with Crippen LogP contribution in [0, 0.1) is 5.92 Å². The number of hydrogen-bond acceptors (Lipinski definition) is 6. The Balaban J connectivity index is 2.53. The van der Waals surface area contributed by atoms with Crippen LogP contribution >= 0.6 is 0 Å². The van der Waals surface area contributed by atoms with Crippen LogP contribution in [0.15, 0.2) is 36.9 Å². The summed E-state index contributed by atoms with van der Waals surface area (Å²) in [7, 11) is 1.66. The van der Waals surface area contributed by atoms with Crippen LogP contribution in [0.2, 0.25) is 0 Å². The average Bonchev–Trinajstić information content (AvgIpc) is 2.72. The Kier molecular flexibility index (Phi) is 12.5. The fraction of sp³-hybridized carbons (Fsp3) is 0.640. The van der Waals surface area contributed by atoms with Gasteiger partial charge in [-0.2, -0.15) is 0 Å². The first-order valence-electron chi connectivity index (χ1n) is 11.0. The lowest BCUT2D eigenvalue weighted by Crippen LogP contribution is -2.46. The van der Waals surface area contributed by atoms with Crippen LogP contribution in [0.25, 0.3) is 0 Å². The molecule has 0 spiro atoms. The fourth-order valence-electron chi connectivity index (χ4n) is 3.50. The van der Waals surface area contributed by atoms with Crippen LogP contribution in [0.4, 0.5) is 0 Å². The molecular formula is C25H40O6. The molecule has 176 valence electrons. The number of hydrogen-bond donors (Lipinski definition) is 0. The molecule has 0 radical (unpaired) electrons. The highest BCUT2D eigenvalue weighted by Gasteiger charge is 2.37. The molecule has 6 heteroatoms. The van der Waals surface area contributed by atoms with Crippen molar-refractivity contribution in [3.63, 3.8) is 0 Å². The van der Waals surface area contributed by atoms with Crippen molar-refractivity contribution in [3.05, 3.63) is 42.5 Å². The van der Waals surface area contributed by atoms with Gasteiger partial charge in [0.15, 0.2) is 6.29 Å². The van der Waals surface area contributed by atoms with Gasteiger partial charge >= 0.3 is 5.97 Å². The van der Waals surface area contributed by atoms with E-state index in [2.05, 4.69) is 13.5 Å². The van der Waals surface area contributed by atoms with E-state index in [9.17, 15) is 4.79 Å². The van der Waals surface area contributed by atoms with Gasteiger partial charge in [-0.3, -0.25) is 4.79 Å². The SMILES string of the molecule is C=C[C@@H](OC(C)=O)[C@](C)(CCCC(C)COCc1ccc(OC)cc1)OC(C)OCC. The van der Waals surface area contributed by atoms with E-state index in [4.69, 9.17) is 23.7 Å². The lowest BCUT2D eigenvalue weighted by molar-refractivity contribution is -0.226. The standard InChI is InChI=1S/C25H40O6/c1-8-24(30-20(4)26)25(6,31-21(5)29-9-2)16-10-11-19(3)17-28-18-22-12-14-23(27-7)15-13-22/h8,12-15,19,21,24H,1,9-11,16-18H2,2-7H3/t19?,21?,24-,25+/m1/s1. The summed E-state index contributed by atoms with van der Waals surface area (Å²) >= 11 is 0. The van der Waals surface area contributed by atoms with Crippen molar-refractivity contribution in [1.29, 1.82) is 0 Å². The molecule has 0 fully saturated rings. The zero-order valence-corrected chi connectivity index (χ0v) is 20.0. The predicted octanol–water partition coefficient (Wildman–Crippen LogP) is 5.29. The molecule has 0 aliphatic heterocycles. The van der Waals surface area contributed by atoms with Gasteiger partial charge in [-0.1, -0.05) is 32.1 Å². The second kappa shape index (κ2) is 14.2. The summed E-state index contributed by atoms with van der Waals surface area (Å²) in [6.45, 7) is 14.9. The van der Waals surface area contributed by atoms with E-state index >= 15 is 0 Å². The van der Waals surface area contributed by atoms with E-state index in [1.54, 1.807) is 13.2 Å². The number of rotatable bonds is 16. The third-order valence-electron chi connectivity index (χ3n) is 5.15. The number of ether oxygens (including phenoxy) is 5. The molecule has 0 heterocycles. The molecule has 6 nitrogen and oxygen atoms in total. The van der Waals surface area contributed by atoms with Crippen molar-refractivity contribution in [3.8, 4) is 5.75 Å². The highest BCUT2D eigenvalue weighted by Crippen LogP contribution is 2.29. The van der Waals surface area contributed by atoms with Gasteiger partial charge in [0, 0.05) is 20.1 Å². The maximum absolute atomic E-state index is 11.5. The molecule has 0 amide bonds. The van der Waals surface area contributed by atoms with Crippen LogP contribution < -0.4 is 4.74 Å². The summed E-state index contributed by atoms with van der Waals surface area (Å²) in [5, 5.41) is 0. The third kappa shape index (κ3) is 10.3. The molecule has 0 aliphatic carbocycles. The molecule has 31 heavy (non-hydrogen) atoms. The molecule has 0 saturated heterocycles. The van der Waals surface area contributed by atoms with Gasteiger partial charge in [0.1, 0.15) is 17.5 Å². The summed E-state index contributed by atoms with van der Waals surface area (Å²) in [6.07, 6.45) is 3.24. The molecule has 4 atom stereocenters. The zero-order chi connectivity index (χ0) is 23.3. The molecule has 0 saturated carbocycles. The molecule has 0 aromatic heterocycles. The van der Waals surface area contributed by atoms with Gasteiger partial charge in [0.05, 0.1) is 13.7 Å². The van der Waals surface area contributed by atoms with Crippen molar-refractivity contribution in [2.24, 2.45) is 5.92 Å². The number of carbonyl (C=O) groups is 1. The molecule has 1 aromatic rings. The summed E-state index contributed by atoms with van der Waals surface area (Å²) in [6, 6.07) is 7.89. The first-order valence-corrected chi connectivity index (χ1v) is 11.0. The molecule has 2 unspecified atom stereocenters. The smallest absolute Gasteiger partial charge is 0.303 e. The van der Waals surface area contributed by atoms with Crippen molar-refractivity contribution < 1.29 is 28.5 Å². The number of esters is 1. The zero-order valence-electron chi connectivity index (χ0n) is 20.0. The topological polar surface area (TPSA) is 63.2 Å². The van der Waals surface area contributed by atoms with Crippen LogP contribution in [0.3, 0.4) is 0 Å². The van der Waals surface area contributed by atoms with Crippen molar-refractivity contribution >= 4 is 5.97 Å². The van der Waals surface area contributed by atoms with Crippen LogP contribution in [0.1, 0.15) is 59.4 Å². The molecule has 0 aliphatic rings. The van der Waals surface area contributed by atoms with Gasteiger partial charge < -0.3 is 23.7 Å². The van der Waals surface area contributed by atoms with E-state index in [1.807, 2.05) is 45.0 Å². The van der Waals surface area contributed by atoms with E-state index in [0.29, 0.717) is 32.2 Å². The van der Waals surface area contributed by atoms with Gasteiger partial charge in [0.25, 0.3) is 0 Å². The Bertz CT molecular complexity index is 644. The number of benzene rings is 1. The number of methoxy groups -OCH3 is 1. The monoisotopic (exact) mass is 436 g/mol. The quantitative estimate of drug-likeness (QED) is 0.199. The summed E-state index contributed by atoms with van der Waals surface area (Å²) < 4.78 is 28.2. The van der Waals surface area contributed by atoms with Crippen molar-refractivity contribution in [1.82, 2.24) is 0 Å². The lowest BCUT2D eigenvalue weighted by atomic mass is 9.90. The van der Waals surface area contributed by atoms with E-state index in [0.717, 1.165) is 24.2 Å². The highest BCUT2D eigenvalue weighted by atomic mass is 16.7. The molecule has 0 N–H and O–H groups in total. The van der Waals surface area contributed by atoms with Crippen LogP contribution in [-0.2, 0) is 30.3 Å². The first-order chi connectivity index (χ1) is 14.7. The van der Waals surface area contributed by atoms with Gasteiger partial charge in [-0.25, -0.2) is 0 Å². The summed E-state index contributed by atoms with van der Waals surface area (Å²) in [5.41, 5.74) is 0.403. The van der Waals surface area contributed by atoms with E-state index < -0.39 is 18.0 Å². The minimum atomic E-state index is -0.717. The summed E-state index contributed by atoms with van der Waals surface area (Å²) in [4.78, 5) is 11.5. The lowest BCUT2D eigenvalue weighted by Gasteiger charge is -2.37. The minimum Gasteiger partial charge on any atom is -0.497 e. The van der Waals surface area contributed by atoms with Crippen LogP contribution in [0.5, 0.6) is 5.75 Å². The maximum Gasteiger partial charge on any atom is 0.303 e. The maximum atomic E-state index is 11.5. The Labute approximate surface area is 187 Å². The predicted molar refractivity (Wildman–Crippen MR) is 122 cm³/mol. The fourth-order valence-corrected chi connectivity index (χ4v) is 3.50. The van der Waals surface area contributed by atoms with Crippen LogP contribution in [-0.4, -0.2) is 44.3 Å². The summed E-state index contributed by atoms with van der Waals surface area (Å²) in [5.74, 6) is 0.874. The van der Waals surface area contributed by atoms with Gasteiger partial charge in [-0.15, -0.1) is 0 Å². The number of carbonyl (C=O) groups excluding carboxylic acids is 1. The Morgan fingerprint density at radius 1 is 1.23 bits per heavy atom. The Morgan fingerprint density at radius 2 is 1.90 bits per heavy atom. The largest absolute Gasteiger partial charge is 0.497 e. The van der Waals surface area contributed by atoms with Gasteiger partial charge in [-0.05, 0) is 63.3 Å². The highest BCUT2D eigenvalue weighted by molar-refractivity contribution is 5.66. The molecule has 0 bridgehead atoms. The Morgan fingerprint density at radius 3 is 2.45 bits per heavy atom. The van der Waals surface area contributed by atoms with E-state index in [-0.39, 0.29) is 5.97 Å². The molecule has 1 rings (SSSR count). The van der Waals surface area contributed by atoms with Crippen molar-refractivity contribution in [2.75, 3.05) is 20.3 Å². The second-order valence-corrected chi connectivity index (χ2v) is 8.08. The van der Waals surface area contributed by atoms with Crippen molar-refractivity contribution in [2.45, 2.75) is 78.5 Å². The normalized spacial score (nSPS) is 16.1. The van der Waals surface area contributed by atoms with Gasteiger partial charge in [0.2, 0.25) is 0 Å². The molecular weight excluding hydrogens is 396 g/mol. The Hall–Kier alpha value is -1.89.